The van der Waals surface area contributed by atoms with E-state index in [0.717, 1.165) is 16.3 Å². The van der Waals surface area contributed by atoms with E-state index in [1.54, 1.807) is 7.11 Å². The van der Waals surface area contributed by atoms with Crippen molar-refractivity contribution in [3.63, 3.8) is 0 Å². The Kier molecular flexibility index (Phi) is 3.99. The number of aromatic nitrogens is 1. The van der Waals surface area contributed by atoms with Gasteiger partial charge in [-0.15, -0.1) is 11.3 Å². The molecule has 0 saturated carbocycles. The number of hydrogen-bond donors (Lipinski definition) is 1. The second-order valence-electron chi connectivity index (χ2n) is 4.42. The summed E-state index contributed by atoms with van der Waals surface area (Å²) in [5.41, 5.74) is 2.95. The van der Waals surface area contributed by atoms with Crippen LogP contribution in [0.1, 0.15) is 31.0 Å². The van der Waals surface area contributed by atoms with Crippen LogP contribution in [-0.2, 0) is 6.61 Å². The zero-order valence-electron chi connectivity index (χ0n) is 10.8. The minimum absolute atomic E-state index is 0.0251. The van der Waals surface area contributed by atoms with Crippen molar-refractivity contribution in [3.05, 3.63) is 34.8 Å². The number of aliphatic hydroxyl groups is 1. The molecule has 0 unspecified atom stereocenters. The molecule has 1 N–H and O–H groups in total. The van der Waals surface area contributed by atoms with Gasteiger partial charge in [0.1, 0.15) is 10.8 Å². The summed E-state index contributed by atoms with van der Waals surface area (Å²) in [5.74, 6) is 1.28. The maximum Gasteiger partial charge on any atom is 0.129 e. The van der Waals surface area contributed by atoms with Crippen molar-refractivity contribution < 1.29 is 9.84 Å². The predicted octanol–water partition coefficient (Wildman–Crippen LogP) is 3.43. The van der Waals surface area contributed by atoms with E-state index in [0.29, 0.717) is 11.6 Å². The van der Waals surface area contributed by atoms with Gasteiger partial charge in [0.2, 0.25) is 0 Å². The monoisotopic (exact) mass is 263 g/mol. The summed E-state index contributed by atoms with van der Waals surface area (Å²) < 4.78 is 5.38. The third kappa shape index (κ3) is 2.54. The molecule has 2 aromatic rings. The SMILES string of the molecule is COc1ccc(C(C)C)cc1-c1nc(CO)cs1. The van der Waals surface area contributed by atoms with E-state index < -0.39 is 0 Å². The maximum atomic E-state index is 9.08. The molecule has 1 aromatic heterocycles. The minimum Gasteiger partial charge on any atom is -0.496 e. The number of benzene rings is 1. The highest BCUT2D eigenvalue weighted by Crippen LogP contribution is 2.34. The summed E-state index contributed by atoms with van der Waals surface area (Å²) in [6.07, 6.45) is 0. The fourth-order valence-corrected chi connectivity index (χ4v) is 2.59. The molecule has 0 bridgehead atoms. The highest BCUT2D eigenvalue weighted by atomic mass is 32.1. The number of hydrogen-bond acceptors (Lipinski definition) is 4. The van der Waals surface area contributed by atoms with Gasteiger partial charge in [-0.2, -0.15) is 0 Å². The van der Waals surface area contributed by atoms with E-state index in [-0.39, 0.29) is 6.61 Å². The lowest BCUT2D eigenvalue weighted by atomic mass is 10.0. The molecule has 2 rings (SSSR count). The summed E-state index contributed by atoms with van der Waals surface area (Å²) in [4.78, 5) is 4.40. The molecule has 18 heavy (non-hydrogen) atoms. The molecule has 1 heterocycles. The van der Waals surface area contributed by atoms with E-state index in [2.05, 4.69) is 31.0 Å². The molecule has 96 valence electrons. The van der Waals surface area contributed by atoms with Gasteiger partial charge >= 0.3 is 0 Å². The topological polar surface area (TPSA) is 42.4 Å². The van der Waals surface area contributed by atoms with Crippen molar-refractivity contribution in [3.8, 4) is 16.3 Å². The van der Waals surface area contributed by atoms with Crippen molar-refractivity contribution in [2.75, 3.05) is 7.11 Å². The van der Waals surface area contributed by atoms with Crippen LogP contribution in [0.4, 0.5) is 0 Å². The number of aliphatic hydroxyl groups excluding tert-OH is 1. The minimum atomic E-state index is -0.0251. The standard InChI is InChI=1S/C14H17NO2S/c1-9(2)10-4-5-13(17-3)12(6-10)14-15-11(7-16)8-18-14/h4-6,8-9,16H,7H2,1-3H3. The summed E-state index contributed by atoms with van der Waals surface area (Å²) >= 11 is 1.53. The third-order valence-electron chi connectivity index (χ3n) is 2.83. The highest BCUT2D eigenvalue weighted by Gasteiger charge is 2.12. The first-order valence-electron chi connectivity index (χ1n) is 5.89. The van der Waals surface area contributed by atoms with Gasteiger partial charge in [-0.3, -0.25) is 0 Å². The Morgan fingerprint density at radius 2 is 2.17 bits per heavy atom. The lowest BCUT2D eigenvalue weighted by molar-refractivity contribution is 0.278. The van der Waals surface area contributed by atoms with E-state index in [9.17, 15) is 0 Å². The van der Waals surface area contributed by atoms with Crippen molar-refractivity contribution in [2.45, 2.75) is 26.4 Å². The second kappa shape index (κ2) is 5.50. The third-order valence-corrected chi connectivity index (χ3v) is 3.76. The summed E-state index contributed by atoms with van der Waals surface area (Å²) in [7, 11) is 1.66. The largest absolute Gasteiger partial charge is 0.496 e. The van der Waals surface area contributed by atoms with Crippen LogP contribution in [0.5, 0.6) is 5.75 Å². The van der Waals surface area contributed by atoms with Gasteiger partial charge in [0, 0.05) is 5.38 Å². The second-order valence-corrected chi connectivity index (χ2v) is 5.27. The van der Waals surface area contributed by atoms with Crippen molar-refractivity contribution >= 4 is 11.3 Å². The van der Waals surface area contributed by atoms with E-state index >= 15 is 0 Å². The maximum absolute atomic E-state index is 9.08. The Labute approximate surface area is 111 Å². The zero-order valence-corrected chi connectivity index (χ0v) is 11.6. The molecule has 0 aliphatic rings. The van der Waals surface area contributed by atoms with Crippen LogP contribution in [0.2, 0.25) is 0 Å². The fourth-order valence-electron chi connectivity index (χ4n) is 1.76. The van der Waals surface area contributed by atoms with Crippen LogP contribution < -0.4 is 4.74 Å². The number of rotatable bonds is 4. The van der Waals surface area contributed by atoms with Gasteiger partial charge in [0.15, 0.2) is 0 Å². The average Bonchev–Trinajstić information content (AvgIpc) is 2.86. The van der Waals surface area contributed by atoms with Crippen molar-refractivity contribution in [1.29, 1.82) is 0 Å². The Bertz CT molecular complexity index is 534. The fraction of sp³-hybridized carbons (Fsp3) is 0.357. The number of nitrogens with zero attached hydrogens (tertiary/aromatic N) is 1. The Morgan fingerprint density at radius 3 is 2.72 bits per heavy atom. The Hall–Kier alpha value is -1.39. The first-order chi connectivity index (χ1) is 8.65. The quantitative estimate of drug-likeness (QED) is 0.919. The van der Waals surface area contributed by atoms with Crippen LogP contribution >= 0.6 is 11.3 Å². The van der Waals surface area contributed by atoms with Crippen LogP contribution in [-0.4, -0.2) is 17.2 Å². The molecule has 0 spiro atoms. The number of methoxy groups -OCH3 is 1. The Morgan fingerprint density at radius 1 is 1.39 bits per heavy atom. The van der Waals surface area contributed by atoms with E-state index in [4.69, 9.17) is 9.84 Å². The molecule has 0 atom stereocenters. The summed E-state index contributed by atoms with van der Waals surface area (Å²) in [6, 6.07) is 6.17. The number of ether oxygens (including phenoxy) is 1. The van der Waals surface area contributed by atoms with Gasteiger partial charge in [-0.05, 0) is 23.6 Å². The predicted molar refractivity (Wildman–Crippen MR) is 74.1 cm³/mol. The highest BCUT2D eigenvalue weighted by molar-refractivity contribution is 7.13. The first kappa shape index (κ1) is 13.1. The zero-order chi connectivity index (χ0) is 13.1. The molecule has 0 amide bonds. The van der Waals surface area contributed by atoms with Gasteiger partial charge in [-0.1, -0.05) is 19.9 Å². The Balaban J connectivity index is 2.49. The van der Waals surface area contributed by atoms with Crippen LogP contribution in [0.15, 0.2) is 23.6 Å². The molecule has 4 heteroatoms. The average molecular weight is 263 g/mol. The molecule has 1 aromatic carbocycles. The molecule has 0 aliphatic carbocycles. The van der Waals surface area contributed by atoms with E-state index in [1.807, 2.05) is 11.4 Å². The smallest absolute Gasteiger partial charge is 0.129 e. The van der Waals surface area contributed by atoms with Crippen molar-refractivity contribution in [2.24, 2.45) is 0 Å². The van der Waals surface area contributed by atoms with Gasteiger partial charge in [0.05, 0.1) is 25.0 Å². The molecule has 3 nitrogen and oxygen atoms in total. The molecule has 0 fully saturated rings. The molecule has 0 saturated heterocycles. The van der Waals surface area contributed by atoms with Gasteiger partial charge in [0.25, 0.3) is 0 Å². The molecular weight excluding hydrogens is 246 g/mol. The number of thiazole rings is 1. The first-order valence-corrected chi connectivity index (χ1v) is 6.77. The molecule has 0 radical (unpaired) electrons. The molecular formula is C14H17NO2S. The normalized spacial score (nSPS) is 10.9. The van der Waals surface area contributed by atoms with Crippen molar-refractivity contribution in [1.82, 2.24) is 4.98 Å². The van der Waals surface area contributed by atoms with Crippen LogP contribution in [0, 0.1) is 0 Å². The van der Waals surface area contributed by atoms with Crippen LogP contribution in [0.25, 0.3) is 10.6 Å². The van der Waals surface area contributed by atoms with Crippen LogP contribution in [0.3, 0.4) is 0 Å². The van der Waals surface area contributed by atoms with Gasteiger partial charge in [-0.25, -0.2) is 4.98 Å². The lowest BCUT2D eigenvalue weighted by Crippen LogP contribution is -1.93. The lowest BCUT2D eigenvalue weighted by Gasteiger charge is -2.11. The van der Waals surface area contributed by atoms with Gasteiger partial charge < -0.3 is 9.84 Å². The summed E-state index contributed by atoms with van der Waals surface area (Å²) in [6.45, 7) is 4.29. The molecule has 0 aliphatic heterocycles. The summed E-state index contributed by atoms with van der Waals surface area (Å²) in [5, 5.41) is 11.8. The van der Waals surface area contributed by atoms with E-state index in [1.165, 1.54) is 16.9 Å².